The SMILES string of the molecule is CC1CCC(C(=O)N(c2cc(C3=CCCCC3)sc2C(=O)O)C2CCCCC2)CC1. The van der Waals surface area contributed by atoms with Crippen LogP contribution in [0, 0.1) is 11.8 Å². The molecule has 1 heterocycles. The van der Waals surface area contributed by atoms with Crippen LogP contribution in [-0.2, 0) is 4.79 Å². The highest BCUT2D eigenvalue weighted by molar-refractivity contribution is 7.15. The van der Waals surface area contributed by atoms with Gasteiger partial charge in [-0.05, 0) is 81.8 Å². The standard InChI is InChI=1S/C25H35NO3S/c1-17-12-14-19(15-13-17)24(27)26(20-10-6-3-7-11-20)21-16-22(30-23(21)25(28)29)18-8-4-2-5-9-18/h8,16-17,19-20H,2-7,9-15H2,1H3,(H,28,29). The van der Waals surface area contributed by atoms with Crippen LogP contribution in [0.3, 0.4) is 0 Å². The van der Waals surface area contributed by atoms with Crippen molar-refractivity contribution in [3.63, 3.8) is 0 Å². The fraction of sp³-hybridized carbons (Fsp3) is 0.680. The maximum atomic E-state index is 13.8. The third-order valence-corrected chi connectivity index (χ3v) is 8.50. The molecule has 0 aliphatic heterocycles. The van der Waals surface area contributed by atoms with Crippen molar-refractivity contribution < 1.29 is 14.7 Å². The third kappa shape index (κ3) is 4.66. The van der Waals surface area contributed by atoms with E-state index in [0.29, 0.717) is 16.5 Å². The van der Waals surface area contributed by atoms with Crippen LogP contribution in [0.2, 0.25) is 0 Å². The molecule has 0 spiro atoms. The van der Waals surface area contributed by atoms with E-state index in [1.807, 2.05) is 11.0 Å². The Bertz CT molecular complexity index is 797. The smallest absolute Gasteiger partial charge is 0.348 e. The molecule has 3 aliphatic rings. The number of allylic oxidation sites excluding steroid dienone is 2. The molecule has 5 heteroatoms. The van der Waals surface area contributed by atoms with E-state index in [9.17, 15) is 14.7 Å². The van der Waals surface area contributed by atoms with Gasteiger partial charge in [-0.1, -0.05) is 32.3 Å². The quantitative estimate of drug-likeness (QED) is 0.554. The molecule has 0 radical (unpaired) electrons. The number of hydrogen-bond donors (Lipinski definition) is 1. The molecule has 30 heavy (non-hydrogen) atoms. The monoisotopic (exact) mass is 429 g/mol. The zero-order valence-corrected chi connectivity index (χ0v) is 19.0. The average molecular weight is 430 g/mol. The Balaban J connectivity index is 1.70. The van der Waals surface area contributed by atoms with Gasteiger partial charge >= 0.3 is 5.97 Å². The molecule has 0 aromatic carbocycles. The fourth-order valence-electron chi connectivity index (χ4n) is 5.47. The largest absolute Gasteiger partial charge is 0.477 e. The van der Waals surface area contributed by atoms with Crippen LogP contribution in [-0.4, -0.2) is 23.0 Å². The Kier molecular flexibility index (Phi) is 6.97. The minimum absolute atomic E-state index is 0.0435. The first-order valence-electron chi connectivity index (χ1n) is 11.9. The number of carboxylic acids is 1. The zero-order valence-electron chi connectivity index (χ0n) is 18.2. The Hall–Kier alpha value is -1.62. The molecular weight excluding hydrogens is 394 g/mol. The first kappa shape index (κ1) is 21.6. The summed E-state index contributed by atoms with van der Waals surface area (Å²) >= 11 is 1.37. The summed E-state index contributed by atoms with van der Waals surface area (Å²) in [5.41, 5.74) is 1.94. The lowest BCUT2D eigenvalue weighted by Crippen LogP contribution is -2.46. The van der Waals surface area contributed by atoms with Crippen LogP contribution in [0.5, 0.6) is 0 Å². The van der Waals surface area contributed by atoms with E-state index in [0.717, 1.165) is 75.5 Å². The first-order chi connectivity index (χ1) is 14.5. The highest BCUT2D eigenvalue weighted by Gasteiger charge is 2.36. The van der Waals surface area contributed by atoms with E-state index in [2.05, 4.69) is 13.0 Å². The molecule has 1 aromatic rings. The number of carbonyl (C=O) groups excluding carboxylic acids is 1. The van der Waals surface area contributed by atoms with Gasteiger partial charge in [-0.2, -0.15) is 0 Å². The van der Waals surface area contributed by atoms with Gasteiger partial charge in [0.2, 0.25) is 5.91 Å². The molecule has 2 fully saturated rings. The summed E-state index contributed by atoms with van der Waals surface area (Å²) < 4.78 is 0. The van der Waals surface area contributed by atoms with Crippen molar-refractivity contribution in [2.45, 2.75) is 96.4 Å². The van der Waals surface area contributed by atoms with Gasteiger partial charge in [0.15, 0.2) is 0 Å². The molecule has 164 valence electrons. The molecule has 0 atom stereocenters. The van der Waals surface area contributed by atoms with Crippen molar-refractivity contribution in [3.8, 4) is 0 Å². The number of amides is 1. The summed E-state index contributed by atoms with van der Waals surface area (Å²) in [5, 5.41) is 10.0. The summed E-state index contributed by atoms with van der Waals surface area (Å²) in [7, 11) is 0. The predicted molar refractivity (Wildman–Crippen MR) is 123 cm³/mol. The van der Waals surface area contributed by atoms with Crippen molar-refractivity contribution in [1.29, 1.82) is 0 Å². The second kappa shape index (κ2) is 9.67. The average Bonchev–Trinajstić information content (AvgIpc) is 3.21. The lowest BCUT2D eigenvalue weighted by molar-refractivity contribution is -0.124. The van der Waals surface area contributed by atoms with Gasteiger partial charge in [-0.25, -0.2) is 4.79 Å². The molecule has 1 N–H and O–H groups in total. The number of nitrogens with zero attached hydrogens (tertiary/aromatic N) is 1. The van der Waals surface area contributed by atoms with Crippen LogP contribution in [0.25, 0.3) is 5.57 Å². The van der Waals surface area contributed by atoms with Crippen LogP contribution in [0.15, 0.2) is 12.1 Å². The molecule has 2 saturated carbocycles. The lowest BCUT2D eigenvalue weighted by atomic mass is 9.81. The molecule has 4 rings (SSSR count). The molecule has 0 unspecified atom stereocenters. The van der Waals surface area contributed by atoms with Gasteiger partial charge in [0.25, 0.3) is 0 Å². The first-order valence-corrected chi connectivity index (χ1v) is 12.8. The van der Waals surface area contributed by atoms with Gasteiger partial charge in [0.05, 0.1) is 5.69 Å². The molecule has 3 aliphatic carbocycles. The molecule has 0 saturated heterocycles. The Morgan fingerprint density at radius 1 is 1.00 bits per heavy atom. The van der Waals surface area contributed by atoms with Gasteiger partial charge in [0.1, 0.15) is 4.88 Å². The Morgan fingerprint density at radius 2 is 1.73 bits per heavy atom. The highest BCUT2D eigenvalue weighted by atomic mass is 32.1. The fourth-order valence-corrected chi connectivity index (χ4v) is 6.53. The Labute approximate surface area is 184 Å². The van der Waals surface area contributed by atoms with Gasteiger partial charge in [0, 0.05) is 16.8 Å². The van der Waals surface area contributed by atoms with Crippen LogP contribution < -0.4 is 4.90 Å². The second-order valence-corrected chi connectivity index (χ2v) is 10.6. The van der Waals surface area contributed by atoms with E-state index in [1.165, 1.54) is 29.8 Å². The van der Waals surface area contributed by atoms with Crippen molar-refractivity contribution in [3.05, 3.63) is 21.9 Å². The number of rotatable bonds is 5. The molecule has 1 aromatic heterocycles. The summed E-state index contributed by atoms with van der Waals surface area (Å²) in [6.45, 7) is 2.27. The number of hydrogen-bond acceptors (Lipinski definition) is 3. The van der Waals surface area contributed by atoms with Crippen molar-refractivity contribution in [1.82, 2.24) is 0 Å². The predicted octanol–water partition coefficient (Wildman–Crippen LogP) is 6.90. The van der Waals surface area contributed by atoms with E-state index in [4.69, 9.17) is 0 Å². The van der Waals surface area contributed by atoms with Crippen LogP contribution in [0.4, 0.5) is 5.69 Å². The van der Waals surface area contributed by atoms with Crippen molar-refractivity contribution in [2.24, 2.45) is 11.8 Å². The molecular formula is C25H35NO3S. The van der Waals surface area contributed by atoms with Gasteiger partial charge in [-0.3, -0.25) is 4.79 Å². The van der Waals surface area contributed by atoms with E-state index < -0.39 is 5.97 Å². The minimum atomic E-state index is -0.900. The summed E-state index contributed by atoms with van der Waals surface area (Å²) in [5.74, 6) is 0.0153. The second-order valence-electron chi connectivity index (χ2n) is 9.56. The van der Waals surface area contributed by atoms with Crippen LogP contribution >= 0.6 is 11.3 Å². The highest BCUT2D eigenvalue weighted by Crippen LogP contribution is 2.42. The summed E-state index contributed by atoms with van der Waals surface area (Å²) in [6.07, 6.45) is 16.2. The van der Waals surface area contributed by atoms with Crippen LogP contribution in [0.1, 0.15) is 105 Å². The van der Waals surface area contributed by atoms with Crippen molar-refractivity contribution >= 4 is 34.5 Å². The number of aromatic carboxylic acids is 1. The molecule has 0 bridgehead atoms. The van der Waals surface area contributed by atoms with Gasteiger partial charge < -0.3 is 10.0 Å². The number of carboxylic acid groups (broad SMARTS) is 1. The molecule has 1 amide bonds. The summed E-state index contributed by atoms with van der Waals surface area (Å²) in [6, 6.07) is 2.18. The van der Waals surface area contributed by atoms with Crippen molar-refractivity contribution in [2.75, 3.05) is 4.90 Å². The third-order valence-electron chi connectivity index (χ3n) is 7.32. The van der Waals surface area contributed by atoms with E-state index >= 15 is 0 Å². The Morgan fingerprint density at radius 3 is 2.37 bits per heavy atom. The van der Waals surface area contributed by atoms with Gasteiger partial charge in [-0.15, -0.1) is 11.3 Å². The maximum Gasteiger partial charge on any atom is 0.348 e. The lowest BCUT2D eigenvalue weighted by Gasteiger charge is -2.38. The maximum absolute atomic E-state index is 13.8. The normalized spacial score (nSPS) is 25.6. The van der Waals surface area contributed by atoms with E-state index in [-0.39, 0.29) is 17.9 Å². The summed E-state index contributed by atoms with van der Waals surface area (Å²) in [4.78, 5) is 29.3. The molecule has 4 nitrogen and oxygen atoms in total. The van der Waals surface area contributed by atoms with E-state index in [1.54, 1.807) is 0 Å². The number of anilines is 1. The zero-order chi connectivity index (χ0) is 21.1. The number of thiophene rings is 1. The minimum Gasteiger partial charge on any atom is -0.477 e. The number of carbonyl (C=O) groups is 2. The topological polar surface area (TPSA) is 57.6 Å².